The molecule has 0 spiro atoms. The molecule has 0 radical (unpaired) electrons. The van der Waals surface area contributed by atoms with Gasteiger partial charge in [0.15, 0.2) is 5.82 Å². The Balaban J connectivity index is 2.48. The molecular weight excluding hydrogens is 132 g/mol. The van der Waals surface area contributed by atoms with Crippen LogP contribution in [-0.4, -0.2) is 19.9 Å². The van der Waals surface area contributed by atoms with Crippen molar-refractivity contribution in [3.63, 3.8) is 0 Å². The average molecular weight is 136 g/mol. The lowest BCUT2D eigenvalue weighted by atomic mass is 10.6. The summed E-state index contributed by atoms with van der Waals surface area (Å²) in [5.41, 5.74) is 0. The van der Waals surface area contributed by atoms with E-state index in [2.05, 4.69) is 19.8 Å². The first-order valence-corrected chi connectivity index (χ1v) is 2.72. The van der Waals surface area contributed by atoms with Crippen LogP contribution in [0.1, 0.15) is 0 Å². The van der Waals surface area contributed by atoms with Crippen LogP contribution in [0.4, 0.5) is 0 Å². The Morgan fingerprint density at radius 3 is 3.10 bits per heavy atom. The van der Waals surface area contributed by atoms with E-state index >= 15 is 0 Å². The van der Waals surface area contributed by atoms with Crippen LogP contribution in [0.25, 0.3) is 5.82 Å². The van der Waals surface area contributed by atoms with Gasteiger partial charge in [-0.3, -0.25) is 0 Å². The number of hydrogen-bond acceptors (Lipinski definition) is 4. The van der Waals surface area contributed by atoms with Gasteiger partial charge in [-0.25, -0.2) is 4.98 Å². The molecule has 0 atom stereocenters. The van der Waals surface area contributed by atoms with Gasteiger partial charge in [0.1, 0.15) is 18.9 Å². The van der Waals surface area contributed by atoms with Crippen LogP contribution in [0.2, 0.25) is 0 Å². The second-order valence-electron chi connectivity index (χ2n) is 1.70. The van der Waals surface area contributed by atoms with Gasteiger partial charge in [-0.1, -0.05) is 5.16 Å². The molecule has 0 bridgehead atoms. The lowest BCUT2D eigenvalue weighted by Crippen LogP contribution is -1.92. The molecule has 0 aliphatic rings. The molecular formula is C5H4N4O. The minimum absolute atomic E-state index is 0.637. The van der Waals surface area contributed by atoms with Gasteiger partial charge in [0.05, 0.1) is 0 Å². The van der Waals surface area contributed by atoms with E-state index in [4.69, 9.17) is 0 Å². The summed E-state index contributed by atoms with van der Waals surface area (Å²) in [6.07, 6.45) is 4.48. The fourth-order valence-electron chi connectivity index (χ4n) is 0.651. The molecule has 0 aliphatic carbocycles. The van der Waals surface area contributed by atoms with Crippen molar-refractivity contribution in [2.24, 2.45) is 0 Å². The van der Waals surface area contributed by atoms with Gasteiger partial charge in [0.2, 0.25) is 0 Å². The van der Waals surface area contributed by atoms with E-state index in [0.29, 0.717) is 5.82 Å². The maximum atomic E-state index is 4.60. The highest BCUT2D eigenvalue weighted by Gasteiger charge is 1.96. The normalized spacial score (nSPS) is 10.0. The third-order valence-corrected chi connectivity index (χ3v) is 1.08. The van der Waals surface area contributed by atoms with Gasteiger partial charge >= 0.3 is 0 Å². The van der Waals surface area contributed by atoms with Gasteiger partial charge < -0.3 is 4.52 Å². The van der Waals surface area contributed by atoms with Gasteiger partial charge in [0, 0.05) is 6.07 Å². The molecule has 2 heterocycles. The van der Waals surface area contributed by atoms with E-state index < -0.39 is 0 Å². The molecule has 0 saturated carbocycles. The molecule has 0 aliphatic heterocycles. The van der Waals surface area contributed by atoms with Crippen LogP contribution in [0, 0.1) is 0 Å². The Morgan fingerprint density at radius 1 is 1.50 bits per heavy atom. The summed E-state index contributed by atoms with van der Waals surface area (Å²) in [4.78, 5) is 3.75. The molecule has 0 N–H and O–H groups in total. The van der Waals surface area contributed by atoms with Crippen LogP contribution in [-0.2, 0) is 0 Å². The summed E-state index contributed by atoms with van der Waals surface area (Å²) < 4.78 is 6.12. The maximum Gasteiger partial charge on any atom is 0.197 e. The Bertz CT molecular complexity index is 253. The fourth-order valence-corrected chi connectivity index (χ4v) is 0.651. The molecule has 5 nitrogen and oxygen atoms in total. The summed E-state index contributed by atoms with van der Waals surface area (Å²) in [7, 11) is 0. The zero-order valence-corrected chi connectivity index (χ0v) is 5.01. The Kier molecular flexibility index (Phi) is 1.00. The predicted molar refractivity (Wildman–Crippen MR) is 31.4 cm³/mol. The van der Waals surface area contributed by atoms with E-state index in [1.807, 2.05) is 0 Å². The summed E-state index contributed by atoms with van der Waals surface area (Å²) in [6.45, 7) is 0. The molecule has 0 fully saturated rings. The lowest BCUT2D eigenvalue weighted by Gasteiger charge is -1.86. The van der Waals surface area contributed by atoms with Crippen LogP contribution < -0.4 is 0 Å². The average Bonchev–Trinajstić information content (AvgIpc) is 2.59. The molecule has 2 aromatic rings. The standard InChI is InChI=1S/C5H4N4O/c1-2-10-8-5(1)9-4-6-3-7-9/h1-4H. The van der Waals surface area contributed by atoms with Crippen molar-refractivity contribution in [1.29, 1.82) is 0 Å². The van der Waals surface area contributed by atoms with E-state index in [1.165, 1.54) is 17.3 Å². The first-order valence-electron chi connectivity index (χ1n) is 2.72. The molecule has 0 saturated heterocycles. The zero-order valence-electron chi connectivity index (χ0n) is 5.01. The van der Waals surface area contributed by atoms with Crippen LogP contribution in [0.5, 0.6) is 0 Å². The van der Waals surface area contributed by atoms with Gasteiger partial charge in [-0.15, -0.1) is 0 Å². The van der Waals surface area contributed by atoms with Crippen molar-refractivity contribution in [1.82, 2.24) is 19.9 Å². The minimum Gasteiger partial charge on any atom is -0.363 e. The number of nitrogens with zero attached hydrogens (tertiary/aromatic N) is 4. The lowest BCUT2D eigenvalue weighted by molar-refractivity contribution is 0.415. The first-order chi connectivity index (χ1) is 4.97. The number of aromatic nitrogens is 4. The molecule has 10 heavy (non-hydrogen) atoms. The largest absolute Gasteiger partial charge is 0.363 e. The molecule has 0 amide bonds. The van der Waals surface area contributed by atoms with Gasteiger partial charge in [0.25, 0.3) is 0 Å². The van der Waals surface area contributed by atoms with E-state index in [1.54, 1.807) is 12.4 Å². The van der Waals surface area contributed by atoms with E-state index in [0.717, 1.165) is 0 Å². The molecule has 0 unspecified atom stereocenters. The van der Waals surface area contributed by atoms with E-state index in [9.17, 15) is 0 Å². The maximum absolute atomic E-state index is 4.60. The van der Waals surface area contributed by atoms with Crippen molar-refractivity contribution < 1.29 is 4.52 Å². The SMILES string of the molecule is c1ncn(-c2ccon2)n1. The molecule has 2 aromatic heterocycles. The predicted octanol–water partition coefficient (Wildman–Crippen LogP) is 0.255. The Morgan fingerprint density at radius 2 is 2.50 bits per heavy atom. The Labute approximate surface area is 56.3 Å². The second kappa shape index (κ2) is 1.94. The second-order valence-corrected chi connectivity index (χ2v) is 1.70. The fraction of sp³-hybridized carbons (Fsp3) is 0. The smallest absolute Gasteiger partial charge is 0.197 e. The third kappa shape index (κ3) is 0.680. The summed E-state index contributed by atoms with van der Waals surface area (Å²) >= 11 is 0. The highest BCUT2D eigenvalue weighted by Crippen LogP contribution is 1.98. The van der Waals surface area contributed by atoms with Gasteiger partial charge in [-0.2, -0.15) is 9.78 Å². The summed E-state index contributed by atoms with van der Waals surface area (Å²) in [6, 6.07) is 1.70. The summed E-state index contributed by atoms with van der Waals surface area (Å²) in [5, 5.41) is 7.49. The third-order valence-electron chi connectivity index (χ3n) is 1.08. The van der Waals surface area contributed by atoms with Crippen molar-refractivity contribution in [3.05, 3.63) is 25.0 Å². The highest BCUT2D eigenvalue weighted by atomic mass is 16.5. The van der Waals surface area contributed by atoms with Crippen LogP contribution in [0.15, 0.2) is 29.5 Å². The minimum atomic E-state index is 0.637. The summed E-state index contributed by atoms with van der Waals surface area (Å²) in [5.74, 6) is 0.637. The van der Waals surface area contributed by atoms with E-state index in [-0.39, 0.29) is 0 Å². The quantitative estimate of drug-likeness (QED) is 0.564. The topological polar surface area (TPSA) is 56.7 Å². The number of rotatable bonds is 1. The van der Waals surface area contributed by atoms with Crippen molar-refractivity contribution in [2.75, 3.05) is 0 Å². The van der Waals surface area contributed by atoms with Crippen LogP contribution >= 0.6 is 0 Å². The van der Waals surface area contributed by atoms with Crippen molar-refractivity contribution in [2.45, 2.75) is 0 Å². The number of hydrogen-bond donors (Lipinski definition) is 0. The van der Waals surface area contributed by atoms with Gasteiger partial charge in [-0.05, 0) is 0 Å². The first kappa shape index (κ1) is 5.16. The Hall–Kier alpha value is -1.65. The van der Waals surface area contributed by atoms with Crippen molar-refractivity contribution in [3.8, 4) is 5.82 Å². The molecule has 50 valence electrons. The van der Waals surface area contributed by atoms with Crippen LogP contribution in [0.3, 0.4) is 0 Å². The molecule has 0 aromatic carbocycles. The molecule has 2 rings (SSSR count). The monoisotopic (exact) mass is 136 g/mol. The zero-order chi connectivity index (χ0) is 6.81. The van der Waals surface area contributed by atoms with Crippen molar-refractivity contribution >= 4 is 0 Å². The molecule has 5 heteroatoms. The highest BCUT2D eigenvalue weighted by molar-refractivity contribution is 5.13.